The fraction of sp³-hybridized carbons (Fsp3) is 0. The van der Waals surface area contributed by atoms with E-state index < -0.39 is 0 Å². The number of anilines is 1. The zero-order valence-corrected chi connectivity index (χ0v) is 10.5. The van der Waals surface area contributed by atoms with Crippen LogP contribution in [0.1, 0.15) is 0 Å². The van der Waals surface area contributed by atoms with Crippen LogP contribution in [-0.4, -0.2) is 15.0 Å². The Labute approximate surface area is 114 Å². The molecule has 0 saturated carbocycles. The maximum Gasteiger partial charge on any atom is 0.145 e. The molecule has 0 amide bonds. The zero-order valence-electron chi connectivity index (χ0n) is 9.75. The second kappa shape index (κ2) is 4.70. The van der Waals surface area contributed by atoms with Gasteiger partial charge in [0.1, 0.15) is 22.5 Å². The quantitative estimate of drug-likeness (QED) is 0.726. The first-order valence-corrected chi connectivity index (χ1v) is 5.90. The van der Waals surface area contributed by atoms with Crippen molar-refractivity contribution in [2.45, 2.75) is 0 Å². The lowest BCUT2D eigenvalue weighted by Crippen LogP contribution is -1.92. The molecule has 0 aromatic carbocycles. The number of hydrogen-bond acceptors (Lipinski definition) is 5. The van der Waals surface area contributed by atoms with Crippen LogP contribution in [0.2, 0.25) is 5.15 Å². The van der Waals surface area contributed by atoms with Gasteiger partial charge >= 0.3 is 0 Å². The second-order valence-corrected chi connectivity index (χ2v) is 4.24. The van der Waals surface area contributed by atoms with E-state index in [0.29, 0.717) is 28.0 Å². The lowest BCUT2D eigenvalue weighted by atomic mass is 10.2. The Morgan fingerprint density at radius 3 is 2.74 bits per heavy atom. The summed E-state index contributed by atoms with van der Waals surface area (Å²) in [7, 11) is 0. The summed E-state index contributed by atoms with van der Waals surface area (Å²) in [6.45, 7) is 0. The number of aromatic nitrogens is 3. The first kappa shape index (κ1) is 11.7. The Morgan fingerprint density at radius 1 is 1.05 bits per heavy atom. The van der Waals surface area contributed by atoms with Gasteiger partial charge in [0.2, 0.25) is 0 Å². The molecule has 2 N–H and O–H groups in total. The van der Waals surface area contributed by atoms with Crippen LogP contribution in [0.15, 0.2) is 42.9 Å². The van der Waals surface area contributed by atoms with Crippen molar-refractivity contribution in [2.24, 2.45) is 0 Å². The van der Waals surface area contributed by atoms with Gasteiger partial charge < -0.3 is 10.5 Å². The van der Waals surface area contributed by atoms with Crippen molar-refractivity contribution in [3.8, 4) is 11.5 Å². The molecule has 0 aliphatic carbocycles. The van der Waals surface area contributed by atoms with Gasteiger partial charge in [-0.3, -0.25) is 4.98 Å². The molecule has 3 aromatic rings. The number of pyridine rings is 3. The molecule has 3 rings (SSSR count). The summed E-state index contributed by atoms with van der Waals surface area (Å²) in [4.78, 5) is 12.2. The summed E-state index contributed by atoms with van der Waals surface area (Å²) >= 11 is 5.89. The minimum Gasteiger partial charge on any atom is -0.455 e. The minimum atomic E-state index is 0.390. The maximum absolute atomic E-state index is 5.89. The smallest absolute Gasteiger partial charge is 0.145 e. The van der Waals surface area contributed by atoms with E-state index in [1.54, 1.807) is 42.9 Å². The Bertz CT molecular complexity index is 730. The van der Waals surface area contributed by atoms with Gasteiger partial charge in [-0.1, -0.05) is 11.6 Å². The molecule has 6 heteroatoms. The van der Waals surface area contributed by atoms with Gasteiger partial charge in [0.15, 0.2) is 0 Å². The second-order valence-electron chi connectivity index (χ2n) is 3.85. The van der Waals surface area contributed by atoms with Crippen molar-refractivity contribution in [1.29, 1.82) is 0 Å². The number of nitrogens with zero attached hydrogens (tertiary/aromatic N) is 3. The summed E-state index contributed by atoms with van der Waals surface area (Å²) < 4.78 is 5.76. The molecule has 0 fully saturated rings. The predicted octanol–water partition coefficient (Wildman–Crippen LogP) is 3.05. The van der Waals surface area contributed by atoms with Crippen LogP contribution >= 0.6 is 11.6 Å². The van der Waals surface area contributed by atoms with E-state index in [1.165, 1.54) is 0 Å². The molecular formula is C13H9ClN4O. The van der Waals surface area contributed by atoms with Gasteiger partial charge in [0, 0.05) is 11.6 Å². The Kier molecular flexibility index (Phi) is 2.89. The summed E-state index contributed by atoms with van der Waals surface area (Å²) in [6.07, 6.45) is 4.81. The largest absolute Gasteiger partial charge is 0.455 e. The number of nitrogen functional groups attached to an aromatic ring is 1. The third-order valence-electron chi connectivity index (χ3n) is 2.54. The van der Waals surface area contributed by atoms with E-state index in [2.05, 4.69) is 15.0 Å². The van der Waals surface area contributed by atoms with Crippen LogP contribution < -0.4 is 10.5 Å². The molecule has 0 saturated heterocycles. The molecule has 0 unspecified atom stereocenters. The highest BCUT2D eigenvalue weighted by atomic mass is 35.5. The van der Waals surface area contributed by atoms with E-state index in [1.807, 2.05) is 0 Å². The van der Waals surface area contributed by atoms with Crippen LogP contribution in [0.5, 0.6) is 11.5 Å². The highest BCUT2D eigenvalue weighted by Gasteiger charge is 2.06. The molecule has 0 radical (unpaired) electrons. The Hall–Kier alpha value is -2.40. The van der Waals surface area contributed by atoms with Crippen molar-refractivity contribution in [3.63, 3.8) is 0 Å². The van der Waals surface area contributed by atoms with Crippen molar-refractivity contribution in [1.82, 2.24) is 15.0 Å². The lowest BCUT2D eigenvalue weighted by Gasteiger charge is -2.08. The van der Waals surface area contributed by atoms with Gasteiger partial charge in [-0.15, -0.1) is 0 Å². The van der Waals surface area contributed by atoms with Crippen LogP contribution in [0.3, 0.4) is 0 Å². The van der Waals surface area contributed by atoms with Gasteiger partial charge in [-0.2, -0.15) is 0 Å². The van der Waals surface area contributed by atoms with E-state index in [0.717, 1.165) is 5.39 Å². The van der Waals surface area contributed by atoms with Crippen molar-refractivity contribution in [2.75, 3.05) is 5.73 Å². The number of halogens is 1. The first-order chi connectivity index (χ1) is 9.22. The maximum atomic E-state index is 5.89. The number of ether oxygens (including phenoxy) is 1. The molecule has 0 bridgehead atoms. The average Bonchev–Trinajstić information content (AvgIpc) is 2.42. The number of nitrogens with two attached hydrogens (primary N) is 1. The predicted molar refractivity (Wildman–Crippen MR) is 73.3 cm³/mol. The molecule has 3 heterocycles. The van der Waals surface area contributed by atoms with Crippen LogP contribution in [-0.2, 0) is 0 Å². The summed E-state index contributed by atoms with van der Waals surface area (Å²) in [5.74, 6) is 1.68. The van der Waals surface area contributed by atoms with Gasteiger partial charge in [-0.05, 0) is 24.3 Å². The Morgan fingerprint density at radius 2 is 1.95 bits per heavy atom. The number of fused-ring (bicyclic) bond motifs is 1. The topological polar surface area (TPSA) is 73.9 Å². The third kappa shape index (κ3) is 2.41. The molecule has 3 aromatic heterocycles. The van der Waals surface area contributed by atoms with Gasteiger partial charge in [0.25, 0.3) is 0 Å². The number of rotatable bonds is 2. The van der Waals surface area contributed by atoms with Crippen molar-refractivity contribution < 1.29 is 4.74 Å². The fourth-order valence-corrected chi connectivity index (χ4v) is 1.82. The molecule has 0 spiro atoms. The summed E-state index contributed by atoms with van der Waals surface area (Å²) in [6, 6.07) is 6.89. The minimum absolute atomic E-state index is 0.390. The normalized spacial score (nSPS) is 10.6. The van der Waals surface area contributed by atoms with E-state index in [-0.39, 0.29) is 0 Å². The Balaban J connectivity index is 2.05. The molecule has 0 aliphatic rings. The van der Waals surface area contributed by atoms with Gasteiger partial charge in [0.05, 0.1) is 17.9 Å². The molecule has 0 aliphatic heterocycles. The number of hydrogen-bond donors (Lipinski definition) is 1. The van der Waals surface area contributed by atoms with E-state index in [4.69, 9.17) is 22.1 Å². The summed E-state index contributed by atoms with van der Waals surface area (Å²) in [5, 5.41) is 1.18. The first-order valence-electron chi connectivity index (χ1n) is 5.52. The highest BCUT2D eigenvalue weighted by molar-refractivity contribution is 6.30. The third-order valence-corrected chi connectivity index (χ3v) is 2.75. The van der Waals surface area contributed by atoms with Crippen molar-refractivity contribution in [3.05, 3.63) is 48.0 Å². The average molecular weight is 273 g/mol. The lowest BCUT2D eigenvalue weighted by molar-refractivity contribution is 0.485. The van der Waals surface area contributed by atoms with Gasteiger partial charge in [-0.25, -0.2) is 9.97 Å². The van der Waals surface area contributed by atoms with Crippen LogP contribution in [0, 0.1) is 0 Å². The fourth-order valence-electron chi connectivity index (χ4n) is 1.67. The SMILES string of the molecule is Nc1ccc(Oc2ccnc3cnc(Cl)cc23)cn1. The summed E-state index contributed by atoms with van der Waals surface area (Å²) in [5.41, 5.74) is 6.24. The van der Waals surface area contributed by atoms with Crippen LogP contribution in [0.25, 0.3) is 10.9 Å². The zero-order chi connectivity index (χ0) is 13.2. The van der Waals surface area contributed by atoms with Crippen molar-refractivity contribution >= 4 is 28.3 Å². The van der Waals surface area contributed by atoms with E-state index in [9.17, 15) is 0 Å². The molecular weight excluding hydrogens is 264 g/mol. The highest BCUT2D eigenvalue weighted by Crippen LogP contribution is 2.29. The van der Waals surface area contributed by atoms with E-state index >= 15 is 0 Å². The monoisotopic (exact) mass is 272 g/mol. The molecule has 5 nitrogen and oxygen atoms in total. The van der Waals surface area contributed by atoms with Crippen LogP contribution in [0.4, 0.5) is 5.82 Å². The molecule has 94 valence electrons. The molecule has 0 atom stereocenters. The molecule has 19 heavy (non-hydrogen) atoms. The standard InChI is InChI=1S/C13H9ClN4O/c14-12-5-9-10(7-17-12)16-4-3-11(9)19-8-1-2-13(15)18-6-8/h1-7H,(H2,15,18).